The molecule has 1 saturated heterocycles. The highest BCUT2D eigenvalue weighted by Gasteiger charge is 2.25. The summed E-state index contributed by atoms with van der Waals surface area (Å²) in [6.45, 7) is 1.44. The van der Waals surface area contributed by atoms with E-state index in [0.717, 1.165) is 5.56 Å². The molecule has 0 aromatic heterocycles. The van der Waals surface area contributed by atoms with Crippen molar-refractivity contribution >= 4 is 21.8 Å². The SMILES string of the molecule is COc1ccccc1CNC(=O)C(=O)NCC1CCN(S(C)(=O)=O)CC1. The first-order valence-corrected chi connectivity index (χ1v) is 10.3. The predicted molar refractivity (Wildman–Crippen MR) is 97.0 cm³/mol. The van der Waals surface area contributed by atoms with Crippen molar-refractivity contribution in [2.24, 2.45) is 5.92 Å². The molecule has 0 radical (unpaired) electrons. The standard InChI is InChI=1S/C17H25N3O5S/c1-25-15-6-4-3-5-14(15)12-19-17(22)16(21)18-11-13-7-9-20(10-8-13)26(2,23)24/h3-6,13H,7-12H2,1-2H3,(H,18,21)(H,19,22). The van der Waals surface area contributed by atoms with E-state index in [9.17, 15) is 18.0 Å². The van der Waals surface area contributed by atoms with Crippen molar-refractivity contribution in [1.29, 1.82) is 0 Å². The second-order valence-electron chi connectivity index (χ2n) is 6.31. The van der Waals surface area contributed by atoms with Crippen molar-refractivity contribution in [2.75, 3.05) is 33.0 Å². The maximum Gasteiger partial charge on any atom is 0.309 e. The fourth-order valence-electron chi connectivity index (χ4n) is 2.87. The molecule has 0 saturated carbocycles. The van der Waals surface area contributed by atoms with Crippen LogP contribution in [0.1, 0.15) is 18.4 Å². The van der Waals surface area contributed by atoms with Crippen molar-refractivity contribution in [3.63, 3.8) is 0 Å². The Morgan fingerprint density at radius 2 is 1.77 bits per heavy atom. The second-order valence-corrected chi connectivity index (χ2v) is 8.29. The van der Waals surface area contributed by atoms with Crippen LogP contribution in [0.15, 0.2) is 24.3 Å². The zero-order chi connectivity index (χ0) is 19.2. The highest BCUT2D eigenvalue weighted by atomic mass is 32.2. The molecule has 1 aromatic carbocycles. The topological polar surface area (TPSA) is 105 Å². The van der Waals surface area contributed by atoms with Gasteiger partial charge in [0.1, 0.15) is 5.75 Å². The molecule has 2 amide bonds. The van der Waals surface area contributed by atoms with Gasteiger partial charge in [0.2, 0.25) is 10.0 Å². The number of nitrogens with one attached hydrogen (secondary N) is 2. The molecule has 0 atom stereocenters. The van der Waals surface area contributed by atoms with Gasteiger partial charge in [0.25, 0.3) is 0 Å². The fourth-order valence-corrected chi connectivity index (χ4v) is 3.74. The molecule has 9 heteroatoms. The Morgan fingerprint density at radius 1 is 1.15 bits per heavy atom. The lowest BCUT2D eigenvalue weighted by atomic mass is 9.98. The summed E-state index contributed by atoms with van der Waals surface area (Å²) in [6, 6.07) is 7.25. The number of hydrogen-bond acceptors (Lipinski definition) is 5. The van der Waals surface area contributed by atoms with Crippen molar-refractivity contribution in [3.05, 3.63) is 29.8 Å². The van der Waals surface area contributed by atoms with Gasteiger partial charge < -0.3 is 15.4 Å². The van der Waals surface area contributed by atoms with E-state index in [4.69, 9.17) is 4.74 Å². The van der Waals surface area contributed by atoms with Crippen LogP contribution in [0.5, 0.6) is 5.75 Å². The van der Waals surface area contributed by atoms with Gasteiger partial charge in [-0.1, -0.05) is 18.2 Å². The van der Waals surface area contributed by atoms with Crippen LogP contribution in [0.25, 0.3) is 0 Å². The van der Waals surface area contributed by atoms with Gasteiger partial charge >= 0.3 is 11.8 Å². The number of carbonyl (C=O) groups excluding carboxylic acids is 2. The number of ether oxygens (including phenoxy) is 1. The molecule has 1 aromatic rings. The van der Waals surface area contributed by atoms with Gasteiger partial charge in [0, 0.05) is 31.7 Å². The summed E-state index contributed by atoms with van der Waals surface area (Å²) in [7, 11) is -1.62. The quantitative estimate of drug-likeness (QED) is 0.678. The maximum absolute atomic E-state index is 11.9. The van der Waals surface area contributed by atoms with Crippen LogP contribution in [0.3, 0.4) is 0 Å². The second kappa shape index (κ2) is 9.00. The first-order valence-electron chi connectivity index (χ1n) is 8.44. The molecule has 1 aliphatic rings. The average molecular weight is 383 g/mol. The summed E-state index contributed by atoms with van der Waals surface area (Å²) in [4.78, 5) is 23.8. The largest absolute Gasteiger partial charge is 0.496 e. The molecule has 0 aliphatic carbocycles. The van der Waals surface area contributed by atoms with Gasteiger partial charge in [0.05, 0.1) is 13.4 Å². The number of methoxy groups -OCH3 is 1. The summed E-state index contributed by atoms with van der Waals surface area (Å²) in [5.74, 6) is -0.584. The summed E-state index contributed by atoms with van der Waals surface area (Å²) < 4.78 is 29.6. The molecule has 2 N–H and O–H groups in total. The lowest BCUT2D eigenvalue weighted by Crippen LogP contribution is -2.44. The minimum atomic E-state index is -3.16. The molecule has 1 aliphatic heterocycles. The Morgan fingerprint density at radius 3 is 2.38 bits per heavy atom. The monoisotopic (exact) mass is 383 g/mol. The maximum atomic E-state index is 11.9. The zero-order valence-electron chi connectivity index (χ0n) is 15.0. The van der Waals surface area contributed by atoms with Crippen molar-refractivity contribution in [3.8, 4) is 5.75 Å². The summed E-state index contributed by atoms with van der Waals surface area (Å²) in [5, 5.41) is 5.19. The molecular weight excluding hydrogens is 358 g/mol. The lowest BCUT2D eigenvalue weighted by Gasteiger charge is -2.30. The van der Waals surface area contributed by atoms with Gasteiger partial charge in [-0.15, -0.1) is 0 Å². The minimum absolute atomic E-state index is 0.166. The number of sulfonamides is 1. The number of para-hydroxylation sites is 1. The van der Waals surface area contributed by atoms with E-state index in [1.807, 2.05) is 18.2 Å². The fraction of sp³-hybridized carbons (Fsp3) is 0.529. The smallest absolute Gasteiger partial charge is 0.309 e. The number of rotatable bonds is 6. The van der Waals surface area contributed by atoms with E-state index in [0.29, 0.717) is 38.2 Å². The molecule has 0 spiro atoms. The predicted octanol–water partition coefficient (Wildman–Crippen LogP) is 0.0992. The normalized spacial score (nSPS) is 16.1. The third-order valence-corrected chi connectivity index (χ3v) is 5.74. The molecule has 1 heterocycles. The lowest BCUT2D eigenvalue weighted by molar-refractivity contribution is -0.139. The van der Waals surface area contributed by atoms with Gasteiger partial charge in [-0.2, -0.15) is 0 Å². The summed E-state index contributed by atoms with van der Waals surface area (Å²) in [6.07, 6.45) is 2.52. The Balaban J connectivity index is 1.73. The molecule has 8 nitrogen and oxygen atoms in total. The molecule has 0 bridgehead atoms. The van der Waals surface area contributed by atoms with Crippen LogP contribution < -0.4 is 15.4 Å². The van der Waals surface area contributed by atoms with Crippen LogP contribution in [0.2, 0.25) is 0 Å². The van der Waals surface area contributed by atoms with Crippen molar-refractivity contribution in [1.82, 2.24) is 14.9 Å². The molecule has 26 heavy (non-hydrogen) atoms. The van der Waals surface area contributed by atoms with Crippen LogP contribution in [0.4, 0.5) is 0 Å². The highest BCUT2D eigenvalue weighted by Crippen LogP contribution is 2.18. The third kappa shape index (κ3) is 5.70. The zero-order valence-corrected chi connectivity index (χ0v) is 15.8. The van der Waals surface area contributed by atoms with Crippen molar-refractivity contribution < 1.29 is 22.7 Å². The molecule has 2 rings (SSSR count). The van der Waals surface area contributed by atoms with E-state index >= 15 is 0 Å². The van der Waals surface area contributed by atoms with Crippen molar-refractivity contribution in [2.45, 2.75) is 19.4 Å². The number of hydrogen-bond donors (Lipinski definition) is 2. The molecule has 144 valence electrons. The van der Waals surface area contributed by atoms with Crippen LogP contribution in [0, 0.1) is 5.92 Å². The first kappa shape index (κ1) is 20.2. The Bertz CT molecular complexity index is 743. The van der Waals surface area contributed by atoms with E-state index in [1.165, 1.54) is 10.6 Å². The Labute approximate surface area is 153 Å². The Kier molecular flexibility index (Phi) is 6.98. The minimum Gasteiger partial charge on any atom is -0.496 e. The van der Waals surface area contributed by atoms with Crippen LogP contribution in [-0.2, 0) is 26.2 Å². The van der Waals surface area contributed by atoms with E-state index in [2.05, 4.69) is 10.6 Å². The summed E-state index contributed by atoms with van der Waals surface area (Å²) in [5.41, 5.74) is 0.782. The number of nitrogens with zero attached hydrogens (tertiary/aromatic N) is 1. The molecule has 0 unspecified atom stereocenters. The van der Waals surface area contributed by atoms with Gasteiger partial charge in [-0.05, 0) is 24.8 Å². The van der Waals surface area contributed by atoms with Gasteiger partial charge in [-0.3, -0.25) is 9.59 Å². The highest BCUT2D eigenvalue weighted by molar-refractivity contribution is 7.88. The van der Waals surface area contributed by atoms with E-state index in [-0.39, 0.29) is 12.5 Å². The number of piperidine rings is 1. The van der Waals surface area contributed by atoms with E-state index in [1.54, 1.807) is 13.2 Å². The number of benzene rings is 1. The van der Waals surface area contributed by atoms with E-state index < -0.39 is 21.8 Å². The molecule has 1 fully saturated rings. The third-order valence-electron chi connectivity index (χ3n) is 4.43. The van der Waals surface area contributed by atoms with Gasteiger partial charge in [-0.25, -0.2) is 12.7 Å². The Hall–Kier alpha value is -2.13. The number of carbonyl (C=O) groups is 2. The van der Waals surface area contributed by atoms with Crippen LogP contribution in [-0.4, -0.2) is 57.5 Å². The first-order chi connectivity index (χ1) is 12.3. The van der Waals surface area contributed by atoms with Crippen LogP contribution >= 0.6 is 0 Å². The molecular formula is C17H25N3O5S. The number of amides is 2. The average Bonchev–Trinajstić information content (AvgIpc) is 2.63. The van der Waals surface area contributed by atoms with Gasteiger partial charge in [0.15, 0.2) is 0 Å². The summed E-state index contributed by atoms with van der Waals surface area (Å²) >= 11 is 0.